The van der Waals surface area contributed by atoms with Crippen LogP contribution < -0.4 is 8.92 Å². The highest BCUT2D eigenvalue weighted by molar-refractivity contribution is 7.87. The van der Waals surface area contributed by atoms with Crippen LogP contribution in [-0.4, -0.2) is 51.8 Å². The molecule has 8 nitrogen and oxygen atoms in total. The van der Waals surface area contributed by atoms with E-state index in [1.807, 2.05) is 0 Å². The minimum atomic E-state index is -4.19. The van der Waals surface area contributed by atoms with Crippen molar-refractivity contribution in [2.24, 2.45) is 10.8 Å². The van der Waals surface area contributed by atoms with E-state index in [-0.39, 0.29) is 45.4 Å². The molecule has 10 heteroatoms. The second-order valence-electron chi connectivity index (χ2n) is 13.7. The fourth-order valence-electron chi connectivity index (χ4n) is 6.83. The lowest BCUT2D eigenvalue weighted by Crippen LogP contribution is -2.44. The number of benzene rings is 2. The molecule has 0 saturated heterocycles. The molecule has 0 unspecified atom stereocenters. The van der Waals surface area contributed by atoms with Crippen molar-refractivity contribution >= 4 is 33.3 Å². The Hall–Kier alpha value is -3.14. The summed E-state index contributed by atoms with van der Waals surface area (Å²) >= 11 is 5.95. The highest BCUT2D eigenvalue weighted by Crippen LogP contribution is 2.55. The smallest absolute Gasteiger partial charge is 0.339 e. The molecule has 45 heavy (non-hydrogen) atoms. The van der Waals surface area contributed by atoms with Gasteiger partial charge in [0.15, 0.2) is 23.1 Å². The lowest BCUT2D eigenvalue weighted by Gasteiger charge is -2.49. The van der Waals surface area contributed by atoms with E-state index in [1.165, 1.54) is 24.3 Å². The monoisotopic (exact) mass is 655 g/mol. The number of Topliss-reactive ketones (excluding diaryl/α,β-unsaturated/α-hetero) is 2. The van der Waals surface area contributed by atoms with Crippen molar-refractivity contribution in [3.05, 3.63) is 75.6 Å². The van der Waals surface area contributed by atoms with Crippen molar-refractivity contribution in [2.75, 3.05) is 26.9 Å². The molecule has 0 saturated carbocycles. The summed E-state index contributed by atoms with van der Waals surface area (Å²) in [5.41, 5.74) is 3.42. The molecule has 0 bridgehead atoms. The van der Waals surface area contributed by atoms with Crippen LogP contribution in [0.5, 0.6) is 11.5 Å². The number of nitrogens with zero attached hydrogens (tertiary/aromatic N) is 1. The van der Waals surface area contributed by atoms with Crippen molar-refractivity contribution < 1.29 is 31.7 Å². The molecular formula is C35H42ClNO7S. The maximum absolute atomic E-state index is 14.1. The van der Waals surface area contributed by atoms with Crippen molar-refractivity contribution in [3.8, 4) is 11.5 Å². The number of allylic oxidation sites excluding steroid dienone is 4. The van der Waals surface area contributed by atoms with E-state index in [0.29, 0.717) is 60.6 Å². The first kappa shape index (κ1) is 33.2. The van der Waals surface area contributed by atoms with Crippen LogP contribution >= 0.6 is 11.6 Å². The second-order valence-corrected chi connectivity index (χ2v) is 15.6. The minimum absolute atomic E-state index is 0.0168. The Morgan fingerprint density at radius 2 is 1.44 bits per heavy atom. The number of carbonyl (C=O) groups excluding carboxylic acids is 2. The molecule has 0 N–H and O–H groups in total. The van der Waals surface area contributed by atoms with Gasteiger partial charge in [-0.15, -0.1) is 0 Å². The zero-order valence-electron chi connectivity index (χ0n) is 26.9. The van der Waals surface area contributed by atoms with Crippen LogP contribution in [0, 0.1) is 10.8 Å². The molecule has 0 radical (unpaired) electrons. The first-order valence-corrected chi connectivity index (χ1v) is 17.2. The first-order chi connectivity index (χ1) is 21.2. The topological polar surface area (TPSA) is 99.2 Å². The Morgan fingerprint density at radius 3 is 1.98 bits per heavy atom. The summed E-state index contributed by atoms with van der Waals surface area (Å²) < 4.78 is 43.1. The van der Waals surface area contributed by atoms with Crippen molar-refractivity contribution in [2.45, 2.75) is 77.5 Å². The summed E-state index contributed by atoms with van der Waals surface area (Å²) in [6, 6.07) is 10.7. The number of ketones is 2. The Balaban J connectivity index is 1.66. The number of ether oxygens (including phenoxy) is 2. The summed E-state index contributed by atoms with van der Waals surface area (Å²) in [5.74, 6) is -0.316. The van der Waals surface area contributed by atoms with Gasteiger partial charge in [-0.1, -0.05) is 45.4 Å². The summed E-state index contributed by atoms with van der Waals surface area (Å²) in [6.07, 6.45) is 2.88. The van der Waals surface area contributed by atoms with E-state index in [2.05, 4.69) is 32.6 Å². The van der Waals surface area contributed by atoms with E-state index in [4.69, 9.17) is 25.3 Å². The third-order valence-electron chi connectivity index (χ3n) is 8.65. The van der Waals surface area contributed by atoms with E-state index in [9.17, 15) is 18.0 Å². The van der Waals surface area contributed by atoms with Gasteiger partial charge in [-0.2, -0.15) is 8.42 Å². The number of hydrogen-bond acceptors (Lipinski definition) is 8. The fourth-order valence-corrected chi connectivity index (χ4v) is 7.89. The summed E-state index contributed by atoms with van der Waals surface area (Å²) in [7, 11) is -2.52. The van der Waals surface area contributed by atoms with Gasteiger partial charge in [0.1, 0.15) is 4.90 Å². The van der Waals surface area contributed by atoms with Crippen LogP contribution in [-0.2, 0) is 24.4 Å². The van der Waals surface area contributed by atoms with Gasteiger partial charge in [-0.05, 0) is 79.0 Å². The van der Waals surface area contributed by atoms with Crippen LogP contribution in [0.3, 0.4) is 0 Å². The average Bonchev–Trinajstić information content (AvgIpc) is 2.93. The molecule has 1 heterocycles. The average molecular weight is 656 g/mol. The predicted octanol–water partition coefficient (Wildman–Crippen LogP) is 7.23. The molecule has 0 aromatic heterocycles. The Labute approximate surface area is 271 Å². The van der Waals surface area contributed by atoms with Gasteiger partial charge in [0.2, 0.25) is 0 Å². The maximum Gasteiger partial charge on any atom is 0.339 e. The molecule has 0 spiro atoms. The highest BCUT2D eigenvalue weighted by atomic mass is 35.5. The fraction of sp³-hybridized carbons (Fsp3) is 0.486. The lowest BCUT2D eigenvalue weighted by molar-refractivity contribution is -0.119. The van der Waals surface area contributed by atoms with Gasteiger partial charge < -0.3 is 18.6 Å². The normalized spacial score (nSPS) is 19.8. The minimum Gasteiger partial charge on any atom is -0.490 e. The van der Waals surface area contributed by atoms with E-state index < -0.39 is 16.0 Å². The Kier molecular flexibility index (Phi) is 9.28. The number of halogens is 1. The molecule has 5 rings (SSSR count). The van der Waals surface area contributed by atoms with Crippen LogP contribution in [0.25, 0.3) is 0 Å². The van der Waals surface area contributed by atoms with Crippen LogP contribution in [0.4, 0.5) is 0 Å². The predicted molar refractivity (Wildman–Crippen MR) is 173 cm³/mol. The number of methoxy groups -OCH3 is 1. The molecule has 1 aliphatic heterocycles. The lowest BCUT2D eigenvalue weighted by atomic mass is 9.63. The standard InChI is InChI=1S/C35H42ClNO7S/c1-7-43-30-17-22(9-14-29(30)44-45(40,41)24-12-10-23(36)11-13-24)31-32-25(18-34(2,3)20-27(32)38)37(15-8-16-42-6)26-19-35(4,5)21-28(39)33(26)31/h9-14,17,31H,7-8,15-16,18-21H2,1-6H3. The molecule has 3 aliphatic rings. The van der Waals surface area contributed by atoms with Crippen molar-refractivity contribution in [1.82, 2.24) is 4.90 Å². The van der Waals surface area contributed by atoms with Gasteiger partial charge in [0.05, 0.1) is 6.61 Å². The molecule has 2 aromatic carbocycles. The van der Waals surface area contributed by atoms with Gasteiger partial charge >= 0.3 is 10.1 Å². The Bertz CT molecular complexity index is 1620. The number of rotatable bonds is 10. The van der Waals surface area contributed by atoms with Gasteiger partial charge in [-0.25, -0.2) is 0 Å². The zero-order chi connectivity index (χ0) is 32.7. The van der Waals surface area contributed by atoms with Gasteiger partial charge in [0.25, 0.3) is 0 Å². The van der Waals surface area contributed by atoms with Crippen LogP contribution in [0.2, 0.25) is 5.02 Å². The van der Waals surface area contributed by atoms with E-state index in [0.717, 1.165) is 17.8 Å². The summed E-state index contributed by atoms with van der Waals surface area (Å²) in [4.78, 5) is 30.3. The number of carbonyl (C=O) groups is 2. The SMILES string of the molecule is CCOc1cc(C2C3=C(CC(C)(C)CC3=O)N(CCCOC)C3=C2C(=O)CC(C)(C)C3)ccc1OS(=O)(=O)c1ccc(Cl)cc1. The first-order valence-electron chi connectivity index (χ1n) is 15.4. The third kappa shape index (κ3) is 6.86. The molecule has 0 atom stereocenters. The molecule has 0 fully saturated rings. The maximum atomic E-state index is 14.1. The van der Waals surface area contributed by atoms with E-state index >= 15 is 0 Å². The van der Waals surface area contributed by atoms with Gasteiger partial charge in [0, 0.05) is 66.6 Å². The zero-order valence-corrected chi connectivity index (χ0v) is 28.4. The van der Waals surface area contributed by atoms with Crippen molar-refractivity contribution in [3.63, 3.8) is 0 Å². The number of hydrogen-bond donors (Lipinski definition) is 0. The highest BCUT2D eigenvalue weighted by Gasteiger charge is 2.49. The largest absolute Gasteiger partial charge is 0.490 e. The van der Waals surface area contributed by atoms with Crippen LogP contribution in [0.1, 0.15) is 78.2 Å². The van der Waals surface area contributed by atoms with E-state index in [1.54, 1.807) is 32.2 Å². The molecular weight excluding hydrogens is 614 g/mol. The molecule has 2 aliphatic carbocycles. The van der Waals surface area contributed by atoms with Crippen LogP contribution in [0.15, 0.2) is 69.9 Å². The van der Waals surface area contributed by atoms with Crippen molar-refractivity contribution in [1.29, 1.82) is 0 Å². The van der Waals surface area contributed by atoms with Gasteiger partial charge in [-0.3, -0.25) is 9.59 Å². The quantitative estimate of drug-likeness (QED) is 0.195. The molecule has 242 valence electrons. The summed E-state index contributed by atoms with van der Waals surface area (Å²) in [5, 5.41) is 0.404. The Morgan fingerprint density at radius 1 is 0.867 bits per heavy atom. The second kappa shape index (κ2) is 12.6. The molecule has 0 amide bonds. The summed E-state index contributed by atoms with van der Waals surface area (Å²) in [6.45, 7) is 11.7. The third-order valence-corrected chi connectivity index (χ3v) is 10.2. The molecule has 2 aromatic rings.